The standard InChI is InChI=1S/C12H11BrFNO2/c1-7-4-11(16)15(6-7)12(17)8-2-3-10(14)9(13)5-8/h2-3,5,7H,4,6H2,1H3. The minimum absolute atomic E-state index is 0.164. The minimum Gasteiger partial charge on any atom is -0.278 e. The van der Waals surface area contributed by atoms with Crippen LogP contribution in [0.3, 0.4) is 0 Å². The fraction of sp³-hybridized carbons (Fsp3) is 0.333. The third-order valence-corrected chi connectivity index (χ3v) is 3.34. The zero-order chi connectivity index (χ0) is 12.6. The van der Waals surface area contributed by atoms with E-state index in [0.717, 1.165) is 0 Å². The fourth-order valence-corrected chi connectivity index (χ4v) is 2.25. The Labute approximate surface area is 107 Å². The van der Waals surface area contributed by atoms with E-state index < -0.39 is 5.82 Å². The van der Waals surface area contributed by atoms with Gasteiger partial charge in [0.05, 0.1) is 4.47 Å². The lowest BCUT2D eigenvalue weighted by molar-refractivity contribution is -0.125. The minimum atomic E-state index is -0.428. The predicted molar refractivity (Wildman–Crippen MR) is 63.9 cm³/mol. The van der Waals surface area contributed by atoms with Crippen molar-refractivity contribution in [1.29, 1.82) is 0 Å². The van der Waals surface area contributed by atoms with Crippen LogP contribution in [0.2, 0.25) is 0 Å². The Morgan fingerprint density at radius 2 is 2.24 bits per heavy atom. The molecule has 5 heteroatoms. The SMILES string of the molecule is CC1CC(=O)N(C(=O)c2ccc(F)c(Br)c2)C1. The first-order valence-electron chi connectivity index (χ1n) is 5.29. The van der Waals surface area contributed by atoms with Crippen molar-refractivity contribution in [1.82, 2.24) is 4.90 Å². The smallest absolute Gasteiger partial charge is 0.260 e. The van der Waals surface area contributed by atoms with E-state index in [0.29, 0.717) is 18.5 Å². The van der Waals surface area contributed by atoms with Crippen molar-refractivity contribution in [2.75, 3.05) is 6.54 Å². The lowest BCUT2D eigenvalue weighted by Crippen LogP contribution is -2.32. The highest BCUT2D eigenvalue weighted by Gasteiger charge is 2.31. The van der Waals surface area contributed by atoms with Crippen LogP contribution in [0.4, 0.5) is 4.39 Å². The molecule has 0 bridgehead atoms. The molecule has 1 fully saturated rings. The zero-order valence-electron chi connectivity index (χ0n) is 9.24. The molecule has 0 spiro atoms. The van der Waals surface area contributed by atoms with Gasteiger partial charge in [0.25, 0.3) is 5.91 Å². The highest BCUT2D eigenvalue weighted by atomic mass is 79.9. The Morgan fingerprint density at radius 1 is 1.53 bits per heavy atom. The van der Waals surface area contributed by atoms with E-state index in [1.54, 1.807) is 0 Å². The largest absolute Gasteiger partial charge is 0.278 e. The third-order valence-electron chi connectivity index (χ3n) is 2.73. The molecule has 0 aromatic heterocycles. The molecule has 1 saturated heterocycles. The van der Waals surface area contributed by atoms with Gasteiger partial charge in [-0.3, -0.25) is 14.5 Å². The van der Waals surface area contributed by atoms with E-state index in [2.05, 4.69) is 15.9 Å². The Bertz CT molecular complexity index is 489. The van der Waals surface area contributed by atoms with Gasteiger partial charge in [0.1, 0.15) is 5.82 Å². The van der Waals surface area contributed by atoms with Gasteiger partial charge in [0.2, 0.25) is 5.91 Å². The molecule has 1 atom stereocenters. The van der Waals surface area contributed by atoms with Gasteiger partial charge in [-0.25, -0.2) is 4.39 Å². The number of halogens is 2. The van der Waals surface area contributed by atoms with Gasteiger partial charge in [-0.15, -0.1) is 0 Å². The molecule has 17 heavy (non-hydrogen) atoms. The van der Waals surface area contributed by atoms with Crippen molar-refractivity contribution in [3.8, 4) is 0 Å². The molecule has 1 aromatic rings. The number of hydrogen-bond acceptors (Lipinski definition) is 2. The van der Waals surface area contributed by atoms with Gasteiger partial charge in [0.15, 0.2) is 0 Å². The number of rotatable bonds is 1. The molecule has 90 valence electrons. The average molecular weight is 300 g/mol. The van der Waals surface area contributed by atoms with Gasteiger partial charge in [-0.05, 0) is 40.0 Å². The van der Waals surface area contributed by atoms with E-state index in [4.69, 9.17) is 0 Å². The summed E-state index contributed by atoms with van der Waals surface area (Å²) in [5.41, 5.74) is 0.320. The number of imide groups is 1. The topological polar surface area (TPSA) is 37.4 Å². The summed E-state index contributed by atoms with van der Waals surface area (Å²) in [6.45, 7) is 2.36. The van der Waals surface area contributed by atoms with Crippen LogP contribution in [-0.4, -0.2) is 23.3 Å². The maximum Gasteiger partial charge on any atom is 0.260 e. The van der Waals surface area contributed by atoms with Crippen molar-refractivity contribution in [2.24, 2.45) is 5.92 Å². The van der Waals surface area contributed by atoms with Crippen LogP contribution in [0.25, 0.3) is 0 Å². The van der Waals surface area contributed by atoms with Gasteiger partial charge in [-0.1, -0.05) is 6.92 Å². The molecule has 2 amide bonds. The van der Waals surface area contributed by atoms with Crippen LogP contribution in [0.5, 0.6) is 0 Å². The predicted octanol–water partition coefficient (Wildman–Crippen LogP) is 2.60. The Hall–Kier alpha value is -1.23. The van der Waals surface area contributed by atoms with E-state index in [1.807, 2.05) is 6.92 Å². The van der Waals surface area contributed by atoms with E-state index >= 15 is 0 Å². The monoisotopic (exact) mass is 299 g/mol. The van der Waals surface area contributed by atoms with Gasteiger partial charge in [0, 0.05) is 18.5 Å². The molecule has 3 nitrogen and oxygen atoms in total. The van der Waals surface area contributed by atoms with Crippen molar-refractivity contribution >= 4 is 27.7 Å². The first-order valence-corrected chi connectivity index (χ1v) is 6.08. The van der Waals surface area contributed by atoms with Crippen molar-refractivity contribution < 1.29 is 14.0 Å². The number of nitrogens with zero attached hydrogens (tertiary/aromatic N) is 1. The second kappa shape index (κ2) is 4.56. The number of carbonyl (C=O) groups excluding carboxylic acids is 2. The van der Waals surface area contributed by atoms with Gasteiger partial charge < -0.3 is 0 Å². The molecular formula is C12H11BrFNO2. The maximum absolute atomic E-state index is 13.0. The Kier molecular flexibility index (Phi) is 3.28. The Morgan fingerprint density at radius 3 is 2.76 bits per heavy atom. The summed E-state index contributed by atoms with van der Waals surface area (Å²) in [4.78, 5) is 24.8. The number of likely N-dealkylation sites (tertiary alicyclic amines) is 1. The van der Waals surface area contributed by atoms with Crippen LogP contribution in [0.1, 0.15) is 23.7 Å². The van der Waals surface area contributed by atoms with Crippen LogP contribution >= 0.6 is 15.9 Å². The Balaban J connectivity index is 2.25. The van der Waals surface area contributed by atoms with Gasteiger partial charge in [-0.2, -0.15) is 0 Å². The van der Waals surface area contributed by atoms with Crippen LogP contribution in [0, 0.1) is 11.7 Å². The second-order valence-corrected chi connectivity index (χ2v) is 5.10. The van der Waals surface area contributed by atoms with Crippen molar-refractivity contribution in [2.45, 2.75) is 13.3 Å². The summed E-state index contributed by atoms with van der Waals surface area (Å²) < 4.78 is 13.3. The quantitative estimate of drug-likeness (QED) is 0.748. The summed E-state index contributed by atoms with van der Waals surface area (Å²) >= 11 is 3.02. The first kappa shape index (κ1) is 12.2. The molecule has 0 aliphatic carbocycles. The molecule has 0 saturated carbocycles. The lowest BCUT2D eigenvalue weighted by atomic mass is 10.2. The van der Waals surface area contributed by atoms with Crippen molar-refractivity contribution in [3.63, 3.8) is 0 Å². The first-order chi connectivity index (χ1) is 7.99. The fourth-order valence-electron chi connectivity index (χ4n) is 1.87. The van der Waals surface area contributed by atoms with Crippen LogP contribution < -0.4 is 0 Å². The summed E-state index contributed by atoms with van der Waals surface area (Å²) in [6.07, 6.45) is 0.397. The molecule has 0 radical (unpaired) electrons. The van der Waals surface area contributed by atoms with E-state index in [1.165, 1.54) is 23.1 Å². The zero-order valence-corrected chi connectivity index (χ0v) is 10.8. The second-order valence-electron chi connectivity index (χ2n) is 4.25. The number of hydrogen-bond donors (Lipinski definition) is 0. The third kappa shape index (κ3) is 2.39. The molecule has 1 aliphatic rings. The number of carbonyl (C=O) groups is 2. The summed E-state index contributed by atoms with van der Waals surface area (Å²) in [5, 5.41) is 0. The molecule has 0 N–H and O–H groups in total. The maximum atomic E-state index is 13.0. The summed E-state index contributed by atoms with van der Waals surface area (Å²) in [5.74, 6) is -0.763. The molecule has 2 rings (SSSR count). The molecule has 1 unspecified atom stereocenters. The molecule has 1 aliphatic heterocycles. The molecular weight excluding hydrogens is 289 g/mol. The highest BCUT2D eigenvalue weighted by Crippen LogP contribution is 2.22. The normalized spacial score (nSPS) is 19.8. The summed E-state index contributed by atoms with van der Waals surface area (Å²) in [7, 11) is 0. The van der Waals surface area contributed by atoms with Crippen molar-refractivity contribution in [3.05, 3.63) is 34.1 Å². The highest BCUT2D eigenvalue weighted by molar-refractivity contribution is 9.10. The number of benzene rings is 1. The molecule has 1 heterocycles. The molecule has 1 aromatic carbocycles. The van der Waals surface area contributed by atoms with Crippen LogP contribution in [0.15, 0.2) is 22.7 Å². The van der Waals surface area contributed by atoms with E-state index in [9.17, 15) is 14.0 Å². The average Bonchev–Trinajstić information content (AvgIpc) is 2.61. The van der Waals surface area contributed by atoms with Gasteiger partial charge >= 0.3 is 0 Å². The van der Waals surface area contributed by atoms with E-state index in [-0.39, 0.29) is 22.2 Å². The lowest BCUT2D eigenvalue weighted by Gasteiger charge is -2.14. The van der Waals surface area contributed by atoms with Crippen LogP contribution in [-0.2, 0) is 4.79 Å². The number of amides is 2. The summed E-state index contributed by atoms with van der Waals surface area (Å²) in [6, 6.07) is 3.99.